The molecule has 1 aromatic heterocycles. The maximum Gasteiger partial charge on any atom is 0.230 e. The molecule has 0 N–H and O–H groups in total. The SMILES string of the molecule is COc1ccc(CC(=O)N2CCC(c3nc(-c4ccc(F)cc4)no3)CC2)cc1. The van der Waals surface area contributed by atoms with Crippen LogP contribution in [0.1, 0.15) is 30.2 Å². The number of carbonyl (C=O) groups is 1. The van der Waals surface area contributed by atoms with E-state index in [0.717, 1.165) is 24.2 Å². The molecule has 1 amide bonds. The Morgan fingerprint density at radius 3 is 2.48 bits per heavy atom. The fourth-order valence-corrected chi connectivity index (χ4v) is 3.52. The van der Waals surface area contributed by atoms with Crippen molar-refractivity contribution in [1.29, 1.82) is 0 Å². The van der Waals surface area contributed by atoms with Gasteiger partial charge in [-0.05, 0) is 54.8 Å². The molecule has 0 spiro atoms. The van der Waals surface area contributed by atoms with Crippen LogP contribution < -0.4 is 4.74 Å². The minimum atomic E-state index is -0.302. The van der Waals surface area contributed by atoms with Gasteiger partial charge in [-0.3, -0.25) is 4.79 Å². The van der Waals surface area contributed by atoms with E-state index in [0.29, 0.717) is 36.8 Å². The zero-order chi connectivity index (χ0) is 20.2. The molecular weight excluding hydrogens is 373 g/mol. The number of hydrogen-bond donors (Lipinski definition) is 0. The number of likely N-dealkylation sites (tertiary alicyclic amines) is 1. The Balaban J connectivity index is 1.33. The van der Waals surface area contributed by atoms with E-state index < -0.39 is 0 Å². The first-order valence-electron chi connectivity index (χ1n) is 9.62. The van der Waals surface area contributed by atoms with Gasteiger partial charge in [0.05, 0.1) is 13.5 Å². The molecule has 150 valence electrons. The highest BCUT2D eigenvalue weighted by molar-refractivity contribution is 5.79. The largest absolute Gasteiger partial charge is 0.497 e. The maximum absolute atomic E-state index is 13.1. The van der Waals surface area contributed by atoms with Crippen molar-refractivity contribution in [3.05, 3.63) is 65.8 Å². The summed E-state index contributed by atoms with van der Waals surface area (Å²) in [4.78, 5) is 19.0. The Kier molecular flexibility index (Phi) is 5.55. The molecule has 1 aliphatic heterocycles. The first-order chi connectivity index (χ1) is 14.1. The van der Waals surface area contributed by atoms with Crippen LogP contribution in [0.4, 0.5) is 4.39 Å². The summed E-state index contributed by atoms with van der Waals surface area (Å²) in [6.07, 6.45) is 1.93. The normalized spacial score (nSPS) is 14.8. The Hall–Kier alpha value is -3.22. The second kappa shape index (κ2) is 8.43. The minimum absolute atomic E-state index is 0.117. The molecule has 0 atom stereocenters. The van der Waals surface area contributed by atoms with Gasteiger partial charge in [0.25, 0.3) is 0 Å². The summed E-state index contributed by atoms with van der Waals surface area (Å²) in [6.45, 7) is 1.32. The van der Waals surface area contributed by atoms with E-state index in [-0.39, 0.29) is 17.6 Å². The summed E-state index contributed by atoms with van der Waals surface area (Å²) >= 11 is 0. The van der Waals surface area contributed by atoms with Gasteiger partial charge < -0.3 is 14.2 Å². The number of halogens is 1. The summed E-state index contributed by atoms with van der Waals surface area (Å²) < 4.78 is 23.6. The van der Waals surface area contributed by atoms with E-state index >= 15 is 0 Å². The molecule has 1 fully saturated rings. The number of carbonyl (C=O) groups excluding carboxylic acids is 1. The second-order valence-corrected chi connectivity index (χ2v) is 7.14. The van der Waals surface area contributed by atoms with Crippen molar-refractivity contribution >= 4 is 5.91 Å². The van der Waals surface area contributed by atoms with Crippen molar-refractivity contribution in [3.8, 4) is 17.1 Å². The van der Waals surface area contributed by atoms with Crippen molar-refractivity contribution in [2.45, 2.75) is 25.2 Å². The van der Waals surface area contributed by atoms with Crippen LogP contribution in [0.3, 0.4) is 0 Å². The summed E-state index contributed by atoms with van der Waals surface area (Å²) in [6, 6.07) is 13.6. The first-order valence-corrected chi connectivity index (χ1v) is 9.62. The summed E-state index contributed by atoms with van der Waals surface area (Å²) in [5.41, 5.74) is 1.69. The van der Waals surface area contributed by atoms with Crippen molar-refractivity contribution in [2.75, 3.05) is 20.2 Å². The van der Waals surface area contributed by atoms with Gasteiger partial charge >= 0.3 is 0 Å². The zero-order valence-corrected chi connectivity index (χ0v) is 16.2. The number of aromatic nitrogens is 2. The zero-order valence-electron chi connectivity index (χ0n) is 16.2. The van der Waals surface area contributed by atoms with Crippen LogP contribution in [-0.2, 0) is 11.2 Å². The Bertz CT molecular complexity index is 962. The van der Waals surface area contributed by atoms with Gasteiger partial charge in [-0.2, -0.15) is 4.98 Å². The Morgan fingerprint density at radius 2 is 1.83 bits per heavy atom. The van der Waals surface area contributed by atoms with Gasteiger partial charge in [-0.15, -0.1) is 0 Å². The number of hydrogen-bond acceptors (Lipinski definition) is 5. The molecule has 1 saturated heterocycles. The van der Waals surface area contributed by atoms with Gasteiger partial charge in [-0.25, -0.2) is 4.39 Å². The van der Waals surface area contributed by atoms with E-state index in [4.69, 9.17) is 9.26 Å². The molecule has 1 aliphatic rings. The highest BCUT2D eigenvalue weighted by Gasteiger charge is 2.27. The molecule has 2 aromatic carbocycles. The van der Waals surface area contributed by atoms with Gasteiger partial charge in [-0.1, -0.05) is 17.3 Å². The van der Waals surface area contributed by atoms with Gasteiger partial charge in [0.15, 0.2) is 0 Å². The molecule has 6 nitrogen and oxygen atoms in total. The van der Waals surface area contributed by atoms with Crippen molar-refractivity contribution in [1.82, 2.24) is 15.0 Å². The fourth-order valence-electron chi connectivity index (χ4n) is 3.52. The Labute approximate surface area is 168 Å². The maximum atomic E-state index is 13.1. The van der Waals surface area contributed by atoms with Crippen LogP contribution in [0, 0.1) is 5.82 Å². The number of benzene rings is 2. The van der Waals surface area contributed by atoms with E-state index in [2.05, 4.69) is 10.1 Å². The average Bonchev–Trinajstić information content (AvgIpc) is 3.25. The lowest BCUT2D eigenvalue weighted by atomic mass is 9.96. The molecule has 3 aromatic rings. The lowest BCUT2D eigenvalue weighted by Crippen LogP contribution is -2.38. The third kappa shape index (κ3) is 4.45. The van der Waals surface area contributed by atoms with Crippen molar-refractivity contribution < 1.29 is 18.4 Å². The van der Waals surface area contributed by atoms with Crippen molar-refractivity contribution in [3.63, 3.8) is 0 Å². The van der Waals surface area contributed by atoms with Crippen LogP contribution in [0.15, 0.2) is 53.1 Å². The van der Waals surface area contributed by atoms with E-state index in [1.165, 1.54) is 12.1 Å². The van der Waals surface area contributed by atoms with Gasteiger partial charge in [0, 0.05) is 24.6 Å². The number of methoxy groups -OCH3 is 1. The van der Waals surface area contributed by atoms with Gasteiger partial charge in [0.1, 0.15) is 11.6 Å². The van der Waals surface area contributed by atoms with Crippen molar-refractivity contribution in [2.24, 2.45) is 0 Å². The monoisotopic (exact) mass is 395 g/mol. The standard InChI is InChI=1S/C22H22FN3O3/c1-28-19-8-2-15(3-9-19)14-20(27)26-12-10-17(11-13-26)22-24-21(25-29-22)16-4-6-18(23)7-5-16/h2-9,17H,10-14H2,1H3. The number of piperidine rings is 1. The van der Waals surface area contributed by atoms with Crippen LogP contribution in [-0.4, -0.2) is 41.1 Å². The summed E-state index contributed by atoms with van der Waals surface area (Å²) in [7, 11) is 1.62. The molecule has 0 saturated carbocycles. The smallest absolute Gasteiger partial charge is 0.230 e. The number of nitrogens with zero attached hydrogens (tertiary/aromatic N) is 3. The van der Waals surface area contributed by atoms with E-state index in [1.807, 2.05) is 29.2 Å². The highest BCUT2D eigenvalue weighted by Crippen LogP contribution is 2.29. The predicted molar refractivity (Wildman–Crippen MR) is 105 cm³/mol. The quantitative estimate of drug-likeness (QED) is 0.657. The highest BCUT2D eigenvalue weighted by atomic mass is 19.1. The lowest BCUT2D eigenvalue weighted by molar-refractivity contribution is -0.131. The molecule has 0 unspecified atom stereocenters. The second-order valence-electron chi connectivity index (χ2n) is 7.14. The molecule has 0 bridgehead atoms. The van der Waals surface area contributed by atoms with Gasteiger partial charge in [0.2, 0.25) is 17.6 Å². The summed E-state index contributed by atoms with van der Waals surface area (Å²) in [5.74, 6) is 1.75. The average molecular weight is 395 g/mol. The molecule has 4 rings (SSSR count). The third-order valence-electron chi connectivity index (χ3n) is 5.26. The predicted octanol–water partition coefficient (Wildman–Crippen LogP) is 3.83. The lowest BCUT2D eigenvalue weighted by Gasteiger charge is -2.30. The van der Waals surface area contributed by atoms with Crippen LogP contribution >= 0.6 is 0 Å². The molecule has 7 heteroatoms. The molecular formula is C22H22FN3O3. The number of amides is 1. The molecule has 29 heavy (non-hydrogen) atoms. The van der Waals surface area contributed by atoms with Crippen LogP contribution in [0.25, 0.3) is 11.4 Å². The summed E-state index contributed by atoms with van der Waals surface area (Å²) in [5, 5.41) is 4.02. The number of rotatable bonds is 5. The molecule has 0 radical (unpaired) electrons. The molecule has 0 aliphatic carbocycles. The van der Waals surface area contributed by atoms with E-state index in [1.54, 1.807) is 19.2 Å². The van der Waals surface area contributed by atoms with Crippen LogP contribution in [0.2, 0.25) is 0 Å². The van der Waals surface area contributed by atoms with Crippen LogP contribution in [0.5, 0.6) is 5.75 Å². The molecule has 2 heterocycles. The van der Waals surface area contributed by atoms with E-state index in [9.17, 15) is 9.18 Å². The fraction of sp³-hybridized carbons (Fsp3) is 0.318. The topological polar surface area (TPSA) is 68.5 Å². The Morgan fingerprint density at radius 1 is 1.14 bits per heavy atom. The minimum Gasteiger partial charge on any atom is -0.497 e. The first kappa shape index (κ1) is 19.1. The third-order valence-corrected chi connectivity index (χ3v) is 5.26. The number of ether oxygens (including phenoxy) is 1.